The van der Waals surface area contributed by atoms with Crippen LogP contribution in [0.2, 0.25) is 0 Å². The van der Waals surface area contributed by atoms with Crippen LogP contribution in [0.1, 0.15) is 18.9 Å². The Balaban J connectivity index is 2.46. The van der Waals surface area contributed by atoms with Gasteiger partial charge in [0.2, 0.25) is 5.88 Å². The highest BCUT2D eigenvalue weighted by Crippen LogP contribution is 2.21. The Hall–Kier alpha value is -1.61. The van der Waals surface area contributed by atoms with Crippen LogP contribution in [0.3, 0.4) is 0 Å². The van der Waals surface area contributed by atoms with Crippen LogP contribution in [0.25, 0.3) is 10.9 Å². The van der Waals surface area contributed by atoms with Crippen molar-refractivity contribution in [2.75, 3.05) is 6.61 Å². The molecule has 0 aliphatic carbocycles. The summed E-state index contributed by atoms with van der Waals surface area (Å²) in [6.07, 6.45) is 0.979. The Kier molecular flexibility index (Phi) is 3.37. The lowest BCUT2D eigenvalue weighted by atomic mass is 10.1. The van der Waals surface area contributed by atoms with E-state index in [0.717, 1.165) is 22.9 Å². The van der Waals surface area contributed by atoms with Crippen LogP contribution in [0.15, 0.2) is 30.3 Å². The van der Waals surface area contributed by atoms with E-state index >= 15 is 0 Å². The lowest BCUT2D eigenvalue weighted by Gasteiger charge is -2.08. The predicted molar refractivity (Wildman–Crippen MR) is 65.4 cm³/mol. The number of aromatic nitrogens is 1. The van der Waals surface area contributed by atoms with E-state index in [9.17, 15) is 0 Å². The minimum absolute atomic E-state index is 0.505. The van der Waals surface area contributed by atoms with Gasteiger partial charge in [-0.1, -0.05) is 25.1 Å². The van der Waals surface area contributed by atoms with E-state index in [1.165, 1.54) is 0 Å². The molecule has 1 heterocycles. The molecule has 3 heteroatoms. The molecule has 0 radical (unpaired) electrons. The molecule has 16 heavy (non-hydrogen) atoms. The maximum absolute atomic E-state index is 5.73. The molecule has 1 aromatic heterocycles. The summed E-state index contributed by atoms with van der Waals surface area (Å²) in [5.74, 6) is 0.668. The molecule has 2 aromatic rings. The zero-order valence-corrected chi connectivity index (χ0v) is 9.44. The van der Waals surface area contributed by atoms with Gasteiger partial charge in [-0.15, -0.1) is 0 Å². The molecule has 3 nitrogen and oxygen atoms in total. The highest BCUT2D eigenvalue weighted by molar-refractivity contribution is 5.82. The van der Waals surface area contributed by atoms with Gasteiger partial charge in [-0.05, 0) is 18.1 Å². The zero-order valence-electron chi connectivity index (χ0n) is 9.44. The predicted octanol–water partition coefficient (Wildman–Crippen LogP) is 2.48. The van der Waals surface area contributed by atoms with Gasteiger partial charge in [0.25, 0.3) is 0 Å². The van der Waals surface area contributed by atoms with E-state index in [2.05, 4.69) is 11.9 Å². The summed E-state index contributed by atoms with van der Waals surface area (Å²) in [5, 5.41) is 1.11. The Labute approximate surface area is 95.2 Å². The van der Waals surface area contributed by atoms with Crippen molar-refractivity contribution in [3.8, 4) is 5.88 Å². The molecule has 0 aliphatic heterocycles. The van der Waals surface area contributed by atoms with Crippen LogP contribution in [0.5, 0.6) is 5.88 Å². The maximum atomic E-state index is 5.73. The molecule has 0 saturated heterocycles. The van der Waals surface area contributed by atoms with Crippen LogP contribution in [-0.4, -0.2) is 11.6 Å². The normalized spacial score (nSPS) is 10.6. The number of hydrogen-bond acceptors (Lipinski definition) is 3. The topological polar surface area (TPSA) is 48.1 Å². The summed E-state index contributed by atoms with van der Waals surface area (Å²) in [5.41, 5.74) is 7.75. The van der Waals surface area contributed by atoms with Crippen LogP contribution in [-0.2, 0) is 6.54 Å². The Bertz CT molecular complexity index is 482. The number of pyridine rings is 1. The zero-order chi connectivity index (χ0) is 11.4. The van der Waals surface area contributed by atoms with Gasteiger partial charge in [-0.3, -0.25) is 0 Å². The van der Waals surface area contributed by atoms with Gasteiger partial charge < -0.3 is 10.5 Å². The first kappa shape index (κ1) is 10.9. The van der Waals surface area contributed by atoms with Crippen molar-refractivity contribution in [2.24, 2.45) is 5.73 Å². The van der Waals surface area contributed by atoms with Gasteiger partial charge in [0.1, 0.15) is 0 Å². The minimum atomic E-state index is 0.505. The van der Waals surface area contributed by atoms with Gasteiger partial charge in [-0.25, -0.2) is 4.98 Å². The van der Waals surface area contributed by atoms with E-state index in [-0.39, 0.29) is 0 Å². The monoisotopic (exact) mass is 216 g/mol. The minimum Gasteiger partial charge on any atom is -0.478 e. The largest absolute Gasteiger partial charge is 0.478 e. The molecule has 0 saturated carbocycles. The van der Waals surface area contributed by atoms with Gasteiger partial charge in [0, 0.05) is 18.0 Å². The molecule has 0 atom stereocenters. The van der Waals surface area contributed by atoms with Crippen LogP contribution in [0, 0.1) is 0 Å². The Morgan fingerprint density at radius 3 is 2.88 bits per heavy atom. The molecule has 0 spiro atoms. The fraction of sp³-hybridized carbons (Fsp3) is 0.308. The standard InChI is InChI=1S/C13H16N2O/c1-2-7-16-13-8-10(9-14)11-5-3-4-6-12(11)15-13/h3-6,8H,2,7,9,14H2,1H3. The average molecular weight is 216 g/mol. The molecule has 1 aromatic carbocycles. The Morgan fingerprint density at radius 1 is 1.31 bits per heavy atom. The second-order valence-corrected chi connectivity index (χ2v) is 3.69. The molecule has 0 aliphatic rings. The number of nitrogens with two attached hydrogens (primary N) is 1. The number of para-hydroxylation sites is 1. The average Bonchev–Trinajstić information content (AvgIpc) is 2.35. The Morgan fingerprint density at radius 2 is 2.12 bits per heavy atom. The summed E-state index contributed by atoms with van der Waals surface area (Å²) in [6, 6.07) is 9.91. The first-order valence-electron chi connectivity index (χ1n) is 5.56. The van der Waals surface area contributed by atoms with E-state index < -0.39 is 0 Å². The van der Waals surface area contributed by atoms with Crippen molar-refractivity contribution in [1.82, 2.24) is 4.98 Å². The van der Waals surface area contributed by atoms with E-state index in [4.69, 9.17) is 10.5 Å². The van der Waals surface area contributed by atoms with Gasteiger partial charge >= 0.3 is 0 Å². The number of benzene rings is 1. The number of hydrogen-bond donors (Lipinski definition) is 1. The molecule has 0 fully saturated rings. The van der Waals surface area contributed by atoms with E-state index in [1.54, 1.807) is 0 Å². The molecule has 0 amide bonds. The van der Waals surface area contributed by atoms with E-state index in [1.807, 2.05) is 30.3 Å². The molecular weight excluding hydrogens is 200 g/mol. The van der Waals surface area contributed by atoms with Crippen molar-refractivity contribution in [2.45, 2.75) is 19.9 Å². The summed E-state index contributed by atoms with van der Waals surface area (Å²) < 4.78 is 5.54. The molecule has 2 N–H and O–H groups in total. The number of ether oxygens (including phenoxy) is 1. The quantitative estimate of drug-likeness (QED) is 0.854. The fourth-order valence-electron chi connectivity index (χ4n) is 1.67. The van der Waals surface area contributed by atoms with Crippen LogP contribution >= 0.6 is 0 Å². The highest BCUT2D eigenvalue weighted by Gasteiger charge is 2.04. The lowest BCUT2D eigenvalue weighted by molar-refractivity contribution is 0.306. The van der Waals surface area contributed by atoms with Crippen molar-refractivity contribution < 1.29 is 4.74 Å². The van der Waals surface area contributed by atoms with Crippen molar-refractivity contribution in [3.05, 3.63) is 35.9 Å². The van der Waals surface area contributed by atoms with Gasteiger partial charge in [0.05, 0.1) is 12.1 Å². The molecule has 0 bridgehead atoms. The second kappa shape index (κ2) is 4.94. The third-order valence-electron chi connectivity index (χ3n) is 2.45. The molecule has 84 valence electrons. The van der Waals surface area contributed by atoms with E-state index in [0.29, 0.717) is 19.0 Å². The van der Waals surface area contributed by atoms with Crippen molar-refractivity contribution in [1.29, 1.82) is 0 Å². The van der Waals surface area contributed by atoms with Crippen LogP contribution < -0.4 is 10.5 Å². The molecular formula is C13H16N2O. The van der Waals surface area contributed by atoms with Crippen molar-refractivity contribution >= 4 is 10.9 Å². The summed E-state index contributed by atoms with van der Waals surface area (Å²) in [4.78, 5) is 4.44. The maximum Gasteiger partial charge on any atom is 0.214 e. The van der Waals surface area contributed by atoms with Gasteiger partial charge in [-0.2, -0.15) is 0 Å². The third kappa shape index (κ3) is 2.14. The lowest BCUT2D eigenvalue weighted by Crippen LogP contribution is -2.02. The summed E-state index contributed by atoms with van der Waals surface area (Å²) >= 11 is 0. The summed E-state index contributed by atoms with van der Waals surface area (Å²) in [7, 11) is 0. The third-order valence-corrected chi connectivity index (χ3v) is 2.45. The summed E-state index contributed by atoms with van der Waals surface area (Å²) in [6.45, 7) is 3.27. The second-order valence-electron chi connectivity index (χ2n) is 3.69. The SMILES string of the molecule is CCCOc1cc(CN)c2ccccc2n1. The van der Waals surface area contributed by atoms with Crippen LogP contribution in [0.4, 0.5) is 0 Å². The fourth-order valence-corrected chi connectivity index (χ4v) is 1.67. The number of nitrogens with zero attached hydrogens (tertiary/aromatic N) is 1. The number of fused-ring (bicyclic) bond motifs is 1. The smallest absolute Gasteiger partial charge is 0.214 e. The molecule has 2 rings (SSSR count). The highest BCUT2D eigenvalue weighted by atomic mass is 16.5. The van der Waals surface area contributed by atoms with Gasteiger partial charge in [0.15, 0.2) is 0 Å². The first-order chi connectivity index (χ1) is 7.85. The first-order valence-corrected chi connectivity index (χ1v) is 5.56. The molecule has 0 unspecified atom stereocenters. The number of rotatable bonds is 4. The van der Waals surface area contributed by atoms with Crippen molar-refractivity contribution in [3.63, 3.8) is 0 Å².